The number of rotatable bonds is 4. The Kier molecular flexibility index (Phi) is 5.66. The quantitative estimate of drug-likeness (QED) is 0.843. The van der Waals surface area contributed by atoms with Gasteiger partial charge in [0.1, 0.15) is 0 Å². The summed E-state index contributed by atoms with van der Waals surface area (Å²) in [6.45, 7) is 5.17. The van der Waals surface area contributed by atoms with Gasteiger partial charge in [-0.15, -0.1) is 0 Å². The Morgan fingerprint density at radius 3 is 2.57 bits per heavy atom. The summed E-state index contributed by atoms with van der Waals surface area (Å²) in [7, 11) is 1.90. The van der Waals surface area contributed by atoms with Crippen LogP contribution in [0.4, 0.5) is 10.5 Å². The van der Waals surface area contributed by atoms with E-state index in [4.69, 9.17) is 0 Å². The maximum Gasteiger partial charge on any atom is 0.321 e. The van der Waals surface area contributed by atoms with E-state index in [1.807, 2.05) is 30.1 Å². The molecule has 116 valence electrons. The topological polar surface area (TPSA) is 32.3 Å². The molecule has 1 aliphatic carbocycles. The molecule has 0 heterocycles. The first-order valence-corrected chi connectivity index (χ1v) is 8.19. The van der Waals surface area contributed by atoms with Crippen molar-refractivity contribution in [3.05, 3.63) is 29.8 Å². The molecule has 3 nitrogen and oxygen atoms in total. The summed E-state index contributed by atoms with van der Waals surface area (Å²) in [5.74, 6) is 1.08. The van der Waals surface area contributed by atoms with Gasteiger partial charge in [-0.25, -0.2) is 4.79 Å². The van der Waals surface area contributed by atoms with Crippen LogP contribution in [0.1, 0.15) is 57.4 Å². The van der Waals surface area contributed by atoms with Crippen molar-refractivity contribution >= 4 is 11.7 Å². The van der Waals surface area contributed by atoms with Crippen LogP contribution in [0.15, 0.2) is 24.3 Å². The van der Waals surface area contributed by atoms with Crippen molar-refractivity contribution in [1.82, 2.24) is 4.90 Å². The lowest BCUT2D eigenvalue weighted by atomic mass is 9.89. The summed E-state index contributed by atoms with van der Waals surface area (Å²) < 4.78 is 0. The van der Waals surface area contributed by atoms with Gasteiger partial charge in [-0.05, 0) is 36.3 Å². The zero-order valence-electron chi connectivity index (χ0n) is 13.6. The smallest absolute Gasteiger partial charge is 0.321 e. The van der Waals surface area contributed by atoms with Gasteiger partial charge in [-0.2, -0.15) is 0 Å². The van der Waals surface area contributed by atoms with E-state index in [1.165, 1.54) is 37.7 Å². The maximum absolute atomic E-state index is 12.4. The van der Waals surface area contributed by atoms with Crippen molar-refractivity contribution in [1.29, 1.82) is 0 Å². The first-order chi connectivity index (χ1) is 10.1. The predicted octanol–water partition coefficient (Wildman–Crippen LogP) is 4.85. The molecular formula is C18H28N2O. The molecule has 0 unspecified atom stereocenters. The number of benzene rings is 1. The zero-order chi connectivity index (χ0) is 15.2. The highest BCUT2D eigenvalue weighted by atomic mass is 16.2. The van der Waals surface area contributed by atoms with Crippen LogP contribution < -0.4 is 5.32 Å². The third kappa shape index (κ3) is 4.48. The summed E-state index contributed by atoms with van der Waals surface area (Å²) in [4.78, 5) is 14.2. The average molecular weight is 288 g/mol. The fourth-order valence-corrected chi connectivity index (χ4v) is 3.16. The number of hydrogen-bond donors (Lipinski definition) is 1. The van der Waals surface area contributed by atoms with Crippen molar-refractivity contribution in [3.63, 3.8) is 0 Å². The number of nitrogens with zero attached hydrogens (tertiary/aromatic N) is 1. The number of amides is 2. The van der Waals surface area contributed by atoms with Gasteiger partial charge in [0.15, 0.2) is 0 Å². The molecule has 2 amide bonds. The lowest BCUT2D eigenvalue weighted by Crippen LogP contribution is -2.36. The Hall–Kier alpha value is -1.51. The maximum atomic E-state index is 12.4. The average Bonchev–Trinajstić information content (AvgIpc) is 2.48. The van der Waals surface area contributed by atoms with E-state index in [2.05, 4.69) is 25.2 Å². The summed E-state index contributed by atoms with van der Waals surface area (Å²) in [6, 6.07) is 8.08. The van der Waals surface area contributed by atoms with Crippen LogP contribution in [-0.2, 0) is 0 Å². The number of carbonyl (C=O) groups excluding carboxylic acids is 1. The van der Waals surface area contributed by atoms with E-state index < -0.39 is 0 Å². The SMILES string of the molecule is CC(C)c1ccccc1NC(=O)N(C)CC1CCCCC1. The lowest BCUT2D eigenvalue weighted by Gasteiger charge is -2.27. The minimum absolute atomic E-state index is 0.00803. The highest BCUT2D eigenvalue weighted by molar-refractivity contribution is 5.90. The third-order valence-corrected chi connectivity index (χ3v) is 4.43. The Morgan fingerprint density at radius 1 is 1.24 bits per heavy atom. The molecule has 1 aromatic carbocycles. The minimum atomic E-state index is 0.00803. The molecule has 0 aromatic heterocycles. The van der Waals surface area contributed by atoms with Crippen molar-refractivity contribution in [2.24, 2.45) is 5.92 Å². The van der Waals surface area contributed by atoms with Crippen LogP contribution >= 0.6 is 0 Å². The van der Waals surface area contributed by atoms with Crippen LogP contribution in [0.25, 0.3) is 0 Å². The highest BCUT2D eigenvalue weighted by Crippen LogP contribution is 2.26. The van der Waals surface area contributed by atoms with E-state index in [-0.39, 0.29) is 6.03 Å². The van der Waals surface area contributed by atoms with E-state index in [0.717, 1.165) is 12.2 Å². The highest BCUT2D eigenvalue weighted by Gasteiger charge is 2.19. The molecule has 2 rings (SSSR count). The molecule has 0 radical (unpaired) electrons. The zero-order valence-corrected chi connectivity index (χ0v) is 13.6. The van der Waals surface area contributed by atoms with E-state index in [9.17, 15) is 4.79 Å². The lowest BCUT2D eigenvalue weighted by molar-refractivity contribution is 0.205. The number of para-hydroxylation sites is 1. The van der Waals surface area contributed by atoms with Crippen molar-refractivity contribution < 1.29 is 4.79 Å². The molecule has 1 aliphatic rings. The van der Waals surface area contributed by atoms with E-state index in [0.29, 0.717) is 11.8 Å². The van der Waals surface area contributed by atoms with E-state index in [1.54, 1.807) is 0 Å². The summed E-state index contributed by atoms with van der Waals surface area (Å²) in [5, 5.41) is 3.07. The second-order valence-corrected chi connectivity index (χ2v) is 6.56. The predicted molar refractivity (Wildman–Crippen MR) is 88.8 cm³/mol. The second kappa shape index (κ2) is 7.48. The molecule has 1 N–H and O–H groups in total. The summed E-state index contributed by atoms with van der Waals surface area (Å²) >= 11 is 0. The second-order valence-electron chi connectivity index (χ2n) is 6.56. The van der Waals surface area contributed by atoms with Gasteiger partial charge in [0.25, 0.3) is 0 Å². The number of hydrogen-bond acceptors (Lipinski definition) is 1. The van der Waals surface area contributed by atoms with Crippen LogP contribution in [-0.4, -0.2) is 24.5 Å². The molecule has 3 heteroatoms. The molecule has 0 atom stereocenters. The largest absolute Gasteiger partial charge is 0.327 e. The van der Waals surface area contributed by atoms with Crippen molar-refractivity contribution in [3.8, 4) is 0 Å². The van der Waals surface area contributed by atoms with E-state index >= 15 is 0 Å². The molecule has 1 saturated carbocycles. The van der Waals surface area contributed by atoms with Gasteiger partial charge in [-0.1, -0.05) is 51.3 Å². The fourth-order valence-electron chi connectivity index (χ4n) is 3.16. The van der Waals surface area contributed by atoms with Gasteiger partial charge in [0.05, 0.1) is 0 Å². The number of carbonyl (C=O) groups is 1. The van der Waals surface area contributed by atoms with Gasteiger partial charge in [-0.3, -0.25) is 0 Å². The van der Waals surface area contributed by atoms with Crippen molar-refractivity contribution in [2.45, 2.75) is 51.9 Å². The van der Waals surface area contributed by atoms with Gasteiger partial charge >= 0.3 is 6.03 Å². The first-order valence-electron chi connectivity index (χ1n) is 8.19. The Morgan fingerprint density at radius 2 is 1.90 bits per heavy atom. The molecule has 21 heavy (non-hydrogen) atoms. The molecular weight excluding hydrogens is 260 g/mol. The summed E-state index contributed by atoms with van der Waals surface area (Å²) in [5.41, 5.74) is 2.13. The third-order valence-electron chi connectivity index (χ3n) is 4.43. The molecule has 1 aromatic rings. The Balaban J connectivity index is 1.94. The van der Waals surface area contributed by atoms with Crippen LogP contribution in [0.2, 0.25) is 0 Å². The van der Waals surface area contributed by atoms with Gasteiger partial charge < -0.3 is 10.2 Å². The van der Waals surface area contributed by atoms with Crippen LogP contribution in [0, 0.1) is 5.92 Å². The Labute approximate surface area is 128 Å². The van der Waals surface area contributed by atoms with Gasteiger partial charge in [0, 0.05) is 19.3 Å². The van der Waals surface area contributed by atoms with Crippen LogP contribution in [0.3, 0.4) is 0 Å². The minimum Gasteiger partial charge on any atom is -0.327 e. The molecule has 0 spiro atoms. The first kappa shape index (κ1) is 15.9. The monoisotopic (exact) mass is 288 g/mol. The van der Waals surface area contributed by atoms with Crippen LogP contribution in [0.5, 0.6) is 0 Å². The van der Waals surface area contributed by atoms with Crippen molar-refractivity contribution in [2.75, 3.05) is 18.9 Å². The molecule has 0 bridgehead atoms. The number of nitrogens with one attached hydrogen (secondary N) is 1. The molecule has 0 saturated heterocycles. The fraction of sp³-hybridized carbons (Fsp3) is 0.611. The molecule has 1 fully saturated rings. The standard InChI is InChI=1S/C18H28N2O/c1-14(2)16-11-7-8-12-17(16)19-18(21)20(3)13-15-9-5-4-6-10-15/h7-8,11-12,14-15H,4-6,9-10,13H2,1-3H3,(H,19,21). The number of anilines is 1. The molecule has 0 aliphatic heterocycles. The normalized spacial score (nSPS) is 16.0. The summed E-state index contributed by atoms with van der Waals surface area (Å²) in [6.07, 6.45) is 6.52. The Bertz CT molecular complexity index is 464. The number of urea groups is 1. The van der Waals surface area contributed by atoms with Gasteiger partial charge in [0.2, 0.25) is 0 Å².